The van der Waals surface area contributed by atoms with Crippen molar-refractivity contribution in [3.63, 3.8) is 0 Å². The molecule has 0 bridgehead atoms. The van der Waals surface area contributed by atoms with Crippen molar-refractivity contribution in [1.29, 1.82) is 0 Å². The Morgan fingerprint density at radius 2 is 1.81 bits per heavy atom. The second kappa shape index (κ2) is 11.0. The van der Waals surface area contributed by atoms with Crippen molar-refractivity contribution in [2.24, 2.45) is 0 Å². The monoisotopic (exact) mass is 505 g/mol. The van der Waals surface area contributed by atoms with Gasteiger partial charge in [0.05, 0.1) is 21.9 Å². The fraction of sp³-hybridized carbons (Fsp3) is 0.0667. The van der Waals surface area contributed by atoms with E-state index in [2.05, 4.69) is 46.1 Å². The molecule has 2 aromatic heterocycles. The van der Waals surface area contributed by atoms with E-state index in [4.69, 9.17) is 9.84 Å². The number of carboxylic acids is 1. The average Bonchev–Trinajstić information content (AvgIpc) is 3.40. The van der Waals surface area contributed by atoms with Gasteiger partial charge in [-0.15, -0.1) is 11.3 Å². The quantitative estimate of drug-likeness (QED) is 0.175. The molecule has 182 valence electrons. The predicted octanol–water partition coefficient (Wildman–Crippen LogP) is 7.35. The van der Waals surface area contributed by atoms with E-state index in [-0.39, 0.29) is 0 Å². The number of benzene rings is 3. The van der Waals surface area contributed by atoms with Crippen molar-refractivity contribution in [2.75, 3.05) is 0 Å². The maximum atomic E-state index is 10.9. The summed E-state index contributed by atoms with van der Waals surface area (Å²) in [7, 11) is 0. The van der Waals surface area contributed by atoms with Gasteiger partial charge in [-0.1, -0.05) is 49.4 Å². The predicted molar refractivity (Wildman–Crippen MR) is 147 cm³/mol. The van der Waals surface area contributed by atoms with Gasteiger partial charge in [0.2, 0.25) is 5.88 Å². The number of rotatable bonds is 8. The Morgan fingerprint density at radius 1 is 0.973 bits per heavy atom. The first-order chi connectivity index (χ1) is 18.1. The highest BCUT2D eigenvalue weighted by Gasteiger charge is 2.15. The zero-order chi connectivity index (χ0) is 25.6. The fourth-order valence-electron chi connectivity index (χ4n) is 4.19. The number of hydrogen-bond donors (Lipinski definition) is 1. The Balaban J connectivity index is 1.63. The first-order valence-electron chi connectivity index (χ1n) is 11.7. The molecule has 1 N–H and O–H groups in total. The van der Waals surface area contributed by atoms with Gasteiger partial charge < -0.3 is 9.84 Å². The molecule has 0 unspecified atom stereocenters. The molecule has 7 heteroatoms. The van der Waals surface area contributed by atoms with Crippen LogP contribution in [0.1, 0.15) is 35.6 Å². The normalized spacial score (nSPS) is 12.0. The first kappa shape index (κ1) is 24.1. The molecule has 0 fully saturated rings. The Hall–Kier alpha value is -4.62. The van der Waals surface area contributed by atoms with Gasteiger partial charge in [-0.25, -0.2) is 14.8 Å². The number of allylic oxidation sites excluding steroid dienone is 1. The molecule has 37 heavy (non-hydrogen) atoms. The maximum Gasteiger partial charge on any atom is 0.328 e. The number of fused-ring (bicyclic) bond motifs is 1. The van der Waals surface area contributed by atoms with Gasteiger partial charge in [0, 0.05) is 18.5 Å². The Bertz CT molecular complexity index is 1610. The Labute approximate surface area is 218 Å². The van der Waals surface area contributed by atoms with Crippen LogP contribution in [0.3, 0.4) is 0 Å². The third-order valence-electron chi connectivity index (χ3n) is 5.84. The summed E-state index contributed by atoms with van der Waals surface area (Å²) in [5, 5.41) is 8.96. The first-order valence-corrected chi connectivity index (χ1v) is 12.6. The van der Waals surface area contributed by atoms with Crippen LogP contribution in [0.15, 0.2) is 96.9 Å². The summed E-state index contributed by atoms with van der Waals surface area (Å²) in [6.07, 6.45) is 8.29. The number of aromatic nitrogens is 3. The third kappa shape index (κ3) is 5.63. The molecular weight excluding hydrogens is 482 g/mol. The summed E-state index contributed by atoms with van der Waals surface area (Å²) >= 11 is 1.62. The largest absolute Gasteiger partial charge is 0.478 e. The molecule has 0 aliphatic rings. The maximum absolute atomic E-state index is 10.9. The second-order valence-electron chi connectivity index (χ2n) is 8.21. The minimum atomic E-state index is -0.974. The van der Waals surface area contributed by atoms with Crippen LogP contribution in [0, 0.1) is 0 Å². The smallest absolute Gasteiger partial charge is 0.328 e. The zero-order valence-corrected chi connectivity index (χ0v) is 20.9. The Morgan fingerprint density at radius 3 is 2.57 bits per heavy atom. The van der Waals surface area contributed by atoms with Crippen LogP contribution in [-0.2, 0) is 4.79 Å². The number of nitrogens with zero attached hydrogens (tertiary/aromatic N) is 3. The molecule has 0 saturated heterocycles. The van der Waals surface area contributed by atoms with Crippen LogP contribution in [0.2, 0.25) is 0 Å². The van der Waals surface area contributed by atoms with Crippen LogP contribution < -0.4 is 4.74 Å². The molecule has 5 rings (SSSR count). The van der Waals surface area contributed by atoms with E-state index >= 15 is 0 Å². The van der Waals surface area contributed by atoms with Crippen molar-refractivity contribution >= 4 is 44.7 Å². The number of carbonyl (C=O) groups is 1. The van der Waals surface area contributed by atoms with E-state index in [0.717, 1.165) is 56.1 Å². The lowest BCUT2D eigenvalue weighted by atomic mass is 9.87. The number of hydrogen-bond acceptors (Lipinski definition) is 6. The minimum absolute atomic E-state index is 0.431. The van der Waals surface area contributed by atoms with E-state index < -0.39 is 5.97 Å². The summed E-state index contributed by atoms with van der Waals surface area (Å²) in [6, 6.07) is 22.2. The van der Waals surface area contributed by atoms with Crippen LogP contribution in [0.5, 0.6) is 11.6 Å². The van der Waals surface area contributed by atoms with Crippen molar-refractivity contribution in [2.45, 2.75) is 13.3 Å². The van der Waals surface area contributed by atoms with Crippen LogP contribution >= 0.6 is 11.3 Å². The van der Waals surface area contributed by atoms with E-state index in [1.165, 1.54) is 0 Å². The van der Waals surface area contributed by atoms with Crippen LogP contribution in [-0.4, -0.2) is 26.0 Å². The number of ether oxygens (including phenoxy) is 1. The molecule has 0 aliphatic heterocycles. The fourth-order valence-corrected chi connectivity index (χ4v) is 4.85. The van der Waals surface area contributed by atoms with Gasteiger partial charge >= 0.3 is 5.97 Å². The minimum Gasteiger partial charge on any atom is -0.478 e. The van der Waals surface area contributed by atoms with E-state index in [1.54, 1.807) is 36.0 Å². The molecule has 3 aromatic carbocycles. The topological polar surface area (TPSA) is 85.2 Å². The third-order valence-corrected chi connectivity index (χ3v) is 6.65. The lowest BCUT2D eigenvalue weighted by molar-refractivity contribution is -0.131. The molecule has 6 nitrogen and oxygen atoms in total. The molecular formula is C30H23N3O3S. The Kier molecular flexibility index (Phi) is 7.14. The van der Waals surface area contributed by atoms with Crippen LogP contribution in [0.25, 0.3) is 27.4 Å². The molecule has 0 aliphatic carbocycles. The van der Waals surface area contributed by atoms with Gasteiger partial charge in [0.25, 0.3) is 0 Å². The van der Waals surface area contributed by atoms with Gasteiger partial charge in [-0.3, -0.25) is 4.98 Å². The number of carboxylic acid groups (broad SMARTS) is 1. The molecule has 2 heterocycles. The number of thiazole rings is 1. The highest BCUT2D eigenvalue weighted by molar-refractivity contribution is 7.16. The second-order valence-corrected chi connectivity index (χ2v) is 9.10. The number of aliphatic carboxylic acids is 1. The van der Waals surface area contributed by atoms with Gasteiger partial charge in [-0.2, -0.15) is 0 Å². The molecule has 0 radical (unpaired) electrons. The summed E-state index contributed by atoms with van der Waals surface area (Å²) in [4.78, 5) is 23.7. The van der Waals surface area contributed by atoms with Crippen molar-refractivity contribution in [3.8, 4) is 11.6 Å². The summed E-state index contributed by atoms with van der Waals surface area (Å²) in [5.41, 5.74) is 8.98. The van der Waals surface area contributed by atoms with E-state index in [9.17, 15) is 4.79 Å². The highest BCUT2D eigenvalue weighted by atomic mass is 32.1. The summed E-state index contributed by atoms with van der Waals surface area (Å²) < 4.78 is 7.09. The van der Waals surface area contributed by atoms with Gasteiger partial charge in [0.1, 0.15) is 5.75 Å². The molecule has 0 amide bonds. The lowest BCUT2D eigenvalue weighted by Crippen LogP contribution is -1.96. The molecule has 0 saturated carbocycles. The molecule has 0 atom stereocenters. The SMILES string of the molecule is CCC(=C(c1ccc(C=CC(=O)O)cc1)c1ccc2scnc2c1)c1cccc(Oc2cnccn2)c1. The van der Waals surface area contributed by atoms with Crippen molar-refractivity contribution < 1.29 is 14.6 Å². The van der Waals surface area contributed by atoms with Crippen molar-refractivity contribution in [3.05, 3.63) is 119 Å². The van der Waals surface area contributed by atoms with E-state index in [0.29, 0.717) is 11.6 Å². The molecule has 0 spiro atoms. The van der Waals surface area contributed by atoms with Gasteiger partial charge in [0.15, 0.2) is 0 Å². The van der Waals surface area contributed by atoms with E-state index in [1.807, 2.05) is 48.0 Å². The standard InChI is InChI=1S/C30H23N3O3S/c1-2-25(22-4-3-5-24(16-22)36-28-18-31-14-15-32-28)30(23-11-12-27-26(17-23)33-19-37-27)21-9-6-20(7-10-21)8-13-29(34)35/h3-19H,2H2,1H3,(H,34,35). The summed E-state index contributed by atoms with van der Waals surface area (Å²) in [5.74, 6) is 0.131. The molecule has 5 aromatic rings. The summed E-state index contributed by atoms with van der Waals surface area (Å²) in [6.45, 7) is 2.14. The lowest BCUT2D eigenvalue weighted by Gasteiger charge is -2.17. The van der Waals surface area contributed by atoms with Gasteiger partial charge in [-0.05, 0) is 70.2 Å². The highest BCUT2D eigenvalue weighted by Crippen LogP contribution is 2.37. The zero-order valence-electron chi connectivity index (χ0n) is 20.0. The van der Waals surface area contributed by atoms with Crippen molar-refractivity contribution in [1.82, 2.24) is 15.0 Å². The van der Waals surface area contributed by atoms with Crippen LogP contribution in [0.4, 0.5) is 0 Å². The average molecular weight is 506 g/mol.